The van der Waals surface area contributed by atoms with Gasteiger partial charge in [0.1, 0.15) is 17.7 Å². The Kier molecular flexibility index (Phi) is 12.5. The lowest BCUT2D eigenvalue weighted by Crippen LogP contribution is -2.56. The first-order valence-corrected chi connectivity index (χ1v) is 12.7. The molecule has 8 nitrogen and oxygen atoms in total. The monoisotopic (exact) mass is 501 g/mol. The second-order valence-electron chi connectivity index (χ2n) is 10.1. The molecule has 200 valence electrons. The molecule has 1 aromatic carbocycles. The van der Waals surface area contributed by atoms with E-state index in [-0.39, 0.29) is 31.0 Å². The molecule has 1 aromatic rings. The number of nitrogens with one attached hydrogen (secondary N) is 2. The molecule has 0 radical (unpaired) electrons. The zero-order valence-electron chi connectivity index (χ0n) is 22.8. The Balaban J connectivity index is 3.48. The summed E-state index contributed by atoms with van der Waals surface area (Å²) in [6.45, 7) is 12.4. The van der Waals surface area contributed by atoms with Crippen LogP contribution in [-0.4, -0.2) is 58.8 Å². The van der Waals surface area contributed by atoms with Crippen molar-refractivity contribution >= 4 is 17.9 Å². The van der Waals surface area contributed by atoms with Crippen molar-refractivity contribution in [3.63, 3.8) is 0 Å². The molecule has 0 aromatic heterocycles. The van der Waals surface area contributed by atoms with Gasteiger partial charge in [-0.25, -0.2) is 4.79 Å². The summed E-state index contributed by atoms with van der Waals surface area (Å²) in [4.78, 5) is 41.4. The van der Waals surface area contributed by atoms with Crippen molar-refractivity contribution in [1.82, 2.24) is 15.5 Å². The van der Waals surface area contributed by atoms with E-state index in [0.29, 0.717) is 17.5 Å². The maximum atomic E-state index is 13.9. The summed E-state index contributed by atoms with van der Waals surface area (Å²) in [5.74, 6) is 1.45. The van der Waals surface area contributed by atoms with Crippen LogP contribution in [0.25, 0.3) is 0 Å². The minimum Gasteiger partial charge on any atom is -0.444 e. The summed E-state index contributed by atoms with van der Waals surface area (Å²) in [6, 6.07) is 4.75. The highest BCUT2D eigenvalue weighted by atomic mass is 16.6. The maximum Gasteiger partial charge on any atom is 0.408 e. The molecule has 0 bridgehead atoms. The van der Waals surface area contributed by atoms with Gasteiger partial charge in [-0.05, 0) is 57.7 Å². The third kappa shape index (κ3) is 9.54. The second-order valence-corrected chi connectivity index (χ2v) is 10.1. The van der Waals surface area contributed by atoms with Crippen molar-refractivity contribution in [2.45, 2.75) is 91.5 Å². The van der Waals surface area contributed by atoms with Gasteiger partial charge in [-0.3, -0.25) is 9.59 Å². The highest BCUT2D eigenvalue weighted by molar-refractivity contribution is 5.92. The van der Waals surface area contributed by atoms with Crippen molar-refractivity contribution < 1.29 is 24.2 Å². The fraction of sp³-hybridized carbons (Fsp3) is 0.607. The van der Waals surface area contributed by atoms with Crippen LogP contribution in [0.3, 0.4) is 0 Å². The molecule has 4 atom stereocenters. The van der Waals surface area contributed by atoms with Crippen LogP contribution in [0.15, 0.2) is 24.3 Å². The van der Waals surface area contributed by atoms with Gasteiger partial charge in [0.05, 0.1) is 6.61 Å². The van der Waals surface area contributed by atoms with Crippen molar-refractivity contribution in [2.75, 3.05) is 13.2 Å². The lowest BCUT2D eigenvalue weighted by atomic mass is 9.95. The number of terminal acetylenes is 1. The maximum absolute atomic E-state index is 13.9. The molecule has 8 heteroatoms. The van der Waals surface area contributed by atoms with Crippen LogP contribution >= 0.6 is 0 Å². The quantitative estimate of drug-likeness (QED) is 0.378. The fourth-order valence-electron chi connectivity index (χ4n) is 3.83. The number of benzene rings is 1. The number of hydrogen-bond acceptors (Lipinski definition) is 5. The Bertz CT molecular complexity index is 901. The number of ether oxygens (including phenoxy) is 1. The van der Waals surface area contributed by atoms with Gasteiger partial charge in [0.25, 0.3) is 0 Å². The molecule has 0 saturated carbocycles. The Labute approximate surface area is 216 Å². The summed E-state index contributed by atoms with van der Waals surface area (Å²) < 4.78 is 5.38. The average Bonchev–Trinajstić information content (AvgIpc) is 2.80. The minimum atomic E-state index is -1.03. The second kappa shape index (κ2) is 14.5. The molecule has 4 unspecified atom stereocenters. The largest absolute Gasteiger partial charge is 0.444 e. The SMILES string of the molecule is C#Cc1ccc(C(C(=O)NC(C)CCC)N(CCO)C(=O)C(NC(=O)OC(C)(C)C)C(C)CC)cc1. The molecule has 0 saturated heterocycles. The van der Waals surface area contributed by atoms with Crippen molar-refractivity contribution in [3.8, 4) is 12.3 Å². The summed E-state index contributed by atoms with van der Waals surface area (Å²) in [5, 5.41) is 15.5. The third-order valence-electron chi connectivity index (χ3n) is 5.84. The first kappa shape index (κ1) is 31.0. The van der Waals surface area contributed by atoms with Crippen LogP contribution < -0.4 is 10.6 Å². The van der Waals surface area contributed by atoms with Gasteiger partial charge < -0.3 is 25.4 Å². The Morgan fingerprint density at radius 3 is 2.19 bits per heavy atom. The summed E-state index contributed by atoms with van der Waals surface area (Å²) in [7, 11) is 0. The van der Waals surface area contributed by atoms with E-state index in [4.69, 9.17) is 11.2 Å². The molecule has 0 fully saturated rings. The van der Waals surface area contributed by atoms with Crippen LogP contribution in [0, 0.1) is 18.3 Å². The minimum absolute atomic E-state index is 0.0983. The number of aliphatic hydroxyl groups is 1. The predicted octanol–water partition coefficient (Wildman–Crippen LogP) is 3.77. The number of nitrogens with zero attached hydrogens (tertiary/aromatic N) is 1. The molecule has 0 aliphatic rings. The smallest absolute Gasteiger partial charge is 0.408 e. The molecule has 3 amide bonds. The summed E-state index contributed by atoms with van der Waals surface area (Å²) in [6.07, 6.45) is 7.03. The van der Waals surface area contributed by atoms with Crippen LogP contribution in [0.1, 0.15) is 84.9 Å². The molecular formula is C28H43N3O5. The van der Waals surface area contributed by atoms with Gasteiger partial charge in [-0.2, -0.15) is 0 Å². The lowest BCUT2D eigenvalue weighted by molar-refractivity contribution is -0.144. The Hall–Kier alpha value is -3.05. The third-order valence-corrected chi connectivity index (χ3v) is 5.84. The van der Waals surface area contributed by atoms with Crippen LogP contribution in [0.2, 0.25) is 0 Å². The van der Waals surface area contributed by atoms with E-state index in [0.717, 1.165) is 12.8 Å². The number of alkyl carbamates (subject to hydrolysis) is 1. The molecule has 1 rings (SSSR count). The standard InChI is InChI=1S/C28H43N3O5/c1-9-12-20(5)29-25(33)24(22-15-13-21(11-3)14-16-22)31(17-18-32)26(34)23(19(4)10-2)30-27(35)36-28(6,7)8/h3,13-16,19-20,23-24,32H,9-10,12,17-18H2,1-2,4-8H3,(H,29,33)(H,30,35). The molecule has 0 aliphatic heterocycles. The highest BCUT2D eigenvalue weighted by Crippen LogP contribution is 2.25. The van der Waals surface area contributed by atoms with Crippen LogP contribution in [0.4, 0.5) is 4.79 Å². The van der Waals surface area contributed by atoms with E-state index >= 15 is 0 Å². The summed E-state index contributed by atoms with van der Waals surface area (Å²) in [5.41, 5.74) is 0.452. The first-order valence-electron chi connectivity index (χ1n) is 12.7. The molecule has 0 spiro atoms. The molecule has 0 aliphatic carbocycles. The molecule has 3 N–H and O–H groups in total. The normalized spacial score (nSPS) is 14.5. The number of carbonyl (C=O) groups excluding carboxylic acids is 3. The van der Waals surface area contributed by atoms with Gasteiger partial charge >= 0.3 is 6.09 Å². The van der Waals surface area contributed by atoms with E-state index < -0.39 is 29.7 Å². The van der Waals surface area contributed by atoms with Gasteiger partial charge in [-0.1, -0.05) is 51.7 Å². The zero-order chi connectivity index (χ0) is 27.5. The van der Waals surface area contributed by atoms with E-state index in [2.05, 4.69) is 16.6 Å². The zero-order valence-corrected chi connectivity index (χ0v) is 22.8. The summed E-state index contributed by atoms with van der Waals surface area (Å²) >= 11 is 0. The molecule has 0 heterocycles. The predicted molar refractivity (Wildman–Crippen MR) is 141 cm³/mol. The Morgan fingerprint density at radius 2 is 1.72 bits per heavy atom. The fourth-order valence-corrected chi connectivity index (χ4v) is 3.83. The van der Waals surface area contributed by atoms with Crippen molar-refractivity contribution in [1.29, 1.82) is 0 Å². The van der Waals surface area contributed by atoms with E-state index in [1.807, 2.05) is 27.7 Å². The number of carbonyl (C=O) groups is 3. The van der Waals surface area contributed by atoms with E-state index in [1.165, 1.54) is 4.90 Å². The van der Waals surface area contributed by atoms with E-state index in [9.17, 15) is 19.5 Å². The number of rotatable bonds is 12. The van der Waals surface area contributed by atoms with E-state index in [1.54, 1.807) is 45.0 Å². The van der Waals surface area contributed by atoms with Crippen LogP contribution in [-0.2, 0) is 14.3 Å². The average molecular weight is 502 g/mol. The van der Waals surface area contributed by atoms with Gasteiger partial charge in [-0.15, -0.1) is 6.42 Å². The van der Waals surface area contributed by atoms with Crippen LogP contribution in [0.5, 0.6) is 0 Å². The van der Waals surface area contributed by atoms with Gasteiger partial charge in [0.15, 0.2) is 0 Å². The number of hydrogen-bond donors (Lipinski definition) is 3. The van der Waals surface area contributed by atoms with Crippen molar-refractivity contribution in [3.05, 3.63) is 35.4 Å². The number of amides is 3. The molecular weight excluding hydrogens is 458 g/mol. The first-order chi connectivity index (χ1) is 16.9. The molecule has 36 heavy (non-hydrogen) atoms. The highest BCUT2D eigenvalue weighted by Gasteiger charge is 2.38. The Morgan fingerprint density at radius 1 is 1.11 bits per heavy atom. The van der Waals surface area contributed by atoms with Gasteiger partial charge in [0.2, 0.25) is 11.8 Å². The lowest BCUT2D eigenvalue weighted by Gasteiger charge is -2.36. The number of aliphatic hydroxyl groups excluding tert-OH is 1. The van der Waals surface area contributed by atoms with Gasteiger partial charge in [0, 0.05) is 18.2 Å². The van der Waals surface area contributed by atoms with Crippen molar-refractivity contribution in [2.24, 2.45) is 5.92 Å². The topological polar surface area (TPSA) is 108 Å².